The zero-order valence-electron chi connectivity index (χ0n) is 16.7. The molecule has 148 valence electrons. The van der Waals surface area contributed by atoms with Gasteiger partial charge >= 0.3 is 0 Å². The number of rotatable bonds is 6. The van der Waals surface area contributed by atoms with Crippen LogP contribution in [0.1, 0.15) is 35.7 Å². The zero-order valence-corrected chi connectivity index (χ0v) is 16.7. The minimum Gasteiger partial charge on any atom is -0.376 e. The standard InChI is InChI=1S/C23H29N3O2/c1-18-11-13-26(14-12-18)23(28)20-9-6-10-21(15-20)24-16-22(27)25(2)17-19-7-4-3-5-8-19/h3-10,15,18,24H,11-14,16-17H2,1-2H3. The molecular weight excluding hydrogens is 350 g/mol. The summed E-state index contributed by atoms with van der Waals surface area (Å²) in [4.78, 5) is 28.8. The Morgan fingerprint density at radius 1 is 1.07 bits per heavy atom. The summed E-state index contributed by atoms with van der Waals surface area (Å²) in [6.45, 7) is 4.65. The lowest BCUT2D eigenvalue weighted by atomic mass is 9.98. The van der Waals surface area contributed by atoms with Crippen LogP contribution in [0.2, 0.25) is 0 Å². The third-order valence-electron chi connectivity index (χ3n) is 5.31. The van der Waals surface area contributed by atoms with Gasteiger partial charge in [0.25, 0.3) is 5.91 Å². The first-order chi connectivity index (χ1) is 13.5. The van der Waals surface area contributed by atoms with Crippen LogP contribution in [0.5, 0.6) is 0 Å². The van der Waals surface area contributed by atoms with Crippen molar-refractivity contribution in [1.82, 2.24) is 9.80 Å². The Morgan fingerprint density at radius 3 is 2.50 bits per heavy atom. The second kappa shape index (κ2) is 9.40. The number of nitrogens with zero attached hydrogens (tertiary/aromatic N) is 2. The van der Waals surface area contributed by atoms with Crippen molar-refractivity contribution in [1.29, 1.82) is 0 Å². The van der Waals surface area contributed by atoms with E-state index in [0.717, 1.165) is 37.2 Å². The molecule has 5 nitrogen and oxygen atoms in total. The normalized spacial score (nSPS) is 14.6. The van der Waals surface area contributed by atoms with Crippen molar-refractivity contribution in [3.05, 3.63) is 65.7 Å². The van der Waals surface area contributed by atoms with Crippen LogP contribution in [0, 0.1) is 5.92 Å². The van der Waals surface area contributed by atoms with Gasteiger partial charge < -0.3 is 15.1 Å². The molecule has 1 saturated heterocycles. The molecule has 0 spiro atoms. The third kappa shape index (κ3) is 5.35. The van der Waals surface area contributed by atoms with E-state index in [-0.39, 0.29) is 18.4 Å². The highest BCUT2D eigenvalue weighted by Crippen LogP contribution is 2.19. The first-order valence-corrected chi connectivity index (χ1v) is 9.94. The molecule has 5 heteroatoms. The lowest BCUT2D eigenvalue weighted by Gasteiger charge is -2.30. The summed E-state index contributed by atoms with van der Waals surface area (Å²) in [5, 5.41) is 3.15. The van der Waals surface area contributed by atoms with Gasteiger partial charge in [0.2, 0.25) is 5.91 Å². The highest BCUT2D eigenvalue weighted by atomic mass is 16.2. The monoisotopic (exact) mass is 379 g/mol. The van der Waals surface area contributed by atoms with Gasteiger partial charge in [-0.2, -0.15) is 0 Å². The van der Waals surface area contributed by atoms with Crippen molar-refractivity contribution in [2.24, 2.45) is 5.92 Å². The molecule has 1 aliphatic rings. The molecule has 0 aromatic heterocycles. The Bertz CT molecular complexity index is 799. The number of amides is 2. The lowest BCUT2D eigenvalue weighted by Crippen LogP contribution is -2.37. The van der Waals surface area contributed by atoms with Crippen molar-refractivity contribution in [2.45, 2.75) is 26.3 Å². The highest BCUT2D eigenvalue weighted by Gasteiger charge is 2.21. The maximum Gasteiger partial charge on any atom is 0.253 e. The van der Waals surface area contributed by atoms with E-state index in [1.807, 2.05) is 59.5 Å². The number of likely N-dealkylation sites (N-methyl/N-ethyl adjacent to an activating group) is 1. The number of hydrogen-bond acceptors (Lipinski definition) is 3. The average molecular weight is 380 g/mol. The van der Waals surface area contributed by atoms with E-state index in [2.05, 4.69) is 12.2 Å². The number of carbonyl (C=O) groups excluding carboxylic acids is 2. The Hall–Kier alpha value is -2.82. The molecule has 0 unspecified atom stereocenters. The summed E-state index contributed by atoms with van der Waals surface area (Å²) >= 11 is 0. The topological polar surface area (TPSA) is 52.7 Å². The molecule has 2 aromatic rings. The Labute approximate surface area is 167 Å². The number of benzene rings is 2. The van der Waals surface area contributed by atoms with Gasteiger partial charge in [0.05, 0.1) is 6.54 Å². The summed E-state index contributed by atoms with van der Waals surface area (Å²) in [6.07, 6.45) is 2.12. The maximum atomic E-state index is 12.7. The van der Waals surface area contributed by atoms with E-state index < -0.39 is 0 Å². The zero-order chi connectivity index (χ0) is 19.9. The number of carbonyl (C=O) groups is 2. The third-order valence-corrected chi connectivity index (χ3v) is 5.31. The molecule has 1 heterocycles. The van der Waals surface area contributed by atoms with Crippen LogP contribution in [-0.4, -0.2) is 48.3 Å². The van der Waals surface area contributed by atoms with Crippen molar-refractivity contribution < 1.29 is 9.59 Å². The summed E-state index contributed by atoms with van der Waals surface area (Å²) in [6, 6.07) is 17.3. The molecule has 0 aliphatic carbocycles. The molecule has 1 aliphatic heterocycles. The van der Waals surface area contributed by atoms with E-state index >= 15 is 0 Å². The van der Waals surface area contributed by atoms with E-state index in [0.29, 0.717) is 18.0 Å². The first kappa shape index (κ1) is 19.9. The van der Waals surface area contributed by atoms with Gasteiger partial charge in [-0.1, -0.05) is 43.3 Å². The molecule has 1 N–H and O–H groups in total. The molecular formula is C23H29N3O2. The van der Waals surface area contributed by atoms with E-state index in [9.17, 15) is 9.59 Å². The summed E-state index contributed by atoms with van der Waals surface area (Å²) < 4.78 is 0. The largest absolute Gasteiger partial charge is 0.376 e. The summed E-state index contributed by atoms with van der Waals surface area (Å²) in [7, 11) is 1.80. The number of nitrogens with one attached hydrogen (secondary N) is 1. The van der Waals surface area contributed by atoms with Crippen molar-refractivity contribution in [3.63, 3.8) is 0 Å². The van der Waals surface area contributed by atoms with Gasteiger partial charge in [0.15, 0.2) is 0 Å². The van der Waals surface area contributed by atoms with Gasteiger partial charge in [0, 0.05) is 37.9 Å². The first-order valence-electron chi connectivity index (χ1n) is 9.94. The van der Waals surface area contributed by atoms with E-state index in [1.54, 1.807) is 11.9 Å². The van der Waals surface area contributed by atoms with Crippen LogP contribution in [0.3, 0.4) is 0 Å². The predicted octanol–water partition coefficient (Wildman–Crippen LogP) is 3.63. The summed E-state index contributed by atoms with van der Waals surface area (Å²) in [5.41, 5.74) is 2.56. The van der Waals surface area contributed by atoms with Crippen LogP contribution < -0.4 is 5.32 Å². The van der Waals surface area contributed by atoms with E-state index in [4.69, 9.17) is 0 Å². The quantitative estimate of drug-likeness (QED) is 0.834. The highest BCUT2D eigenvalue weighted by molar-refractivity contribution is 5.95. The molecule has 0 atom stereocenters. The fourth-order valence-electron chi connectivity index (χ4n) is 3.41. The van der Waals surface area contributed by atoms with Crippen LogP contribution in [0.4, 0.5) is 5.69 Å². The number of piperidine rings is 1. The number of hydrogen-bond donors (Lipinski definition) is 1. The van der Waals surface area contributed by atoms with Crippen LogP contribution >= 0.6 is 0 Å². The van der Waals surface area contributed by atoms with Crippen molar-refractivity contribution >= 4 is 17.5 Å². The average Bonchev–Trinajstić information content (AvgIpc) is 2.73. The molecule has 0 saturated carbocycles. The molecule has 1 fully saturated rings. The number of likely N-dealkylation sites (tertiary alicyclic amines) is 1. The van der Waals surface area contributed by atoms with E-state index in [1.165, 1.54) is 0 Å². The minimum atomic E-state index is 0.00519. The fourth-order valence-corrected chi connectivity index (χ4v) is 3.41. The Kier molecular flexibility index (Phi) is 6.69. The minimum absolute atomic E-state index is 0.00519. The fraction of sp³-hybridized carbons (Fsp3) is 0.391. The van der Waals surface area contributed by atoms with Crippen LogP contribution in [-0.2, 0) is 11.3 Å². The molecule has 3 rings (SSSR count). The molecule has 0 radical (unpaired) electrons. The molecule has 0 bridgehead atoms. The smallest absolute Gasteiger partial charge is 0.253 e. The van der Waals surface area contributed by atoms with Crippen molar-refractivity contribution in [3.8, 4) is 0 Å². The SMILES string of the molecule is CC1CCN(C(=O)c2cccc(NCC(=O)N(C)Cc3ccccc3)c2)CC1. The Balaban J connectivity index is 1.54. The lowest BCUT2D eigenvalue weighted by molar-refractivity contribution is -0.128. The second-order valence-electron chi connectivity index (χ2n) is 7.64. The predicted molar refractivity (Wildman–Crippen MR) is 112 cm³/mol. The van der Waals surface area contributed by atoms with Crippen LogP contribution in [0.25, 0.3) is 0 Å². The molecule has 2 aromatic carbocycles. The maximum absolute atomic E-state index is 12.7. The van der Waals surface area contributed by atoms with Gasteiger partial charge in [-0.25, -0.2) is 0 Å². The molecule has 2 amide bonds. The van der Waals surface area contributed by atoms with Gasteiger partial charge in [-0.15, -0.1) is 0 Å². The number of anilines is 1. The van der Waals surface area contributed by atoms with Gasteiger partial charge in [-0.05, 0) is 42.5 Å². The van der Waals surface area contributed by atoms with Gasteiger partial charge in [-0.3, -0.25) is 9.59 Å². The Morgan fingerprint density at radius 2 is 1.79 bits per heavy atom. The summed E-state index contributed by atoms with van der Waals surface area (Å²) in [5.74, 6) is 0.768. The van der Waals surface area contributed by atoms with Crippen molar-refractivity contribution in [2.75, 3.05) is 32.0 Å². The van der Waals surface area contributed by atoms with Gasteiger partial charge in [0.1, 0.15) is 0 Å². The second-order valence-corrected chi connectivity index (χ2v) is 7.64. The van der Waals surface area contributed by atoms with Crippen LogP contribution in [0.15, 0.2) is 54.6 Å². The molecule has 28 heavy (non-hydrogen) atoms.